The summed E-state index contributed by atoms with van der Waals surface area (Å²) >= 11 is 0. The van der Waals surface area contributed by atoms with E-state index < -0.39 is 0 Å². The maximum absolute atomic E-state index is 13.4. The number of benzene rings is 1. The van der Waals surface area contributed by atoms with Crippen LogP contribution in [0.2, 0.25) is 0 Å². The van der Waals surface area contributed by atoms with Crippen molar-refractivity contribution < 1.29 is 4.90 Å². The Morgan fingerprint density at radius 2 is 1.77 bits per heavy atom. The van der Waals surface area contributed by atoms with E-state index in [2.05, 4.69) is 52.6 Å². The number of fused-ring (bicyclic) bond motifs is 1. The minimum Gasteiger partial charge on any atom is -0.322 e. The Bertz CT molecular complexity index is 1120. The summed E-state index contributed by atoms with van der Waals surface area (Å²) < 4.78 is 2.04. The van der Waals surface area contributed by atoms with E-state index in [1.165, 1.54) is 49.0 Å². The largest absolute Gasteiger partial charge is 0.322 e. The van der Waals surface area contributed by atoms with Crippen LogP contribution in [0.15, 0.2) is 23.0 Å². The lowest BCUT2D eigenvalue weighted by molar-refractivity contribution is -0.925. The molecule has 0 bridgehead atoms. The van der Waals surface area contributed by atoms with Crippen molar-refractivity contribution in [3.05, 3.63) is 51.1 Å². The third-order valence-electron chi connectivity index (χ3n) is 7.25. The Balaban J connectivity index is 1.67. The Labute approximate surface area is 182 Å². The molecule has 0 amide bonds. The Hall–Kier alpha value is -2.54. The van der Waals surface area contributed by atoms with E-state index in [0.29, 0.717) is 6.04 Å². The summed E-state index contributed by atoms with van der Waals surface area (Å²) in [7, 11) is 0. The molecule has 1 aliphatic heterocycles. The highest BCUT2D eigenvalue weighted by atomic mass is 16.1. The van der Waals surface area contributed by atoms with E-state index in [1.54, 1.807) is 0 Å². The lowest BCUT2D eigenvalue weighted by Crippen LogP contribution is -3.12. The molecule has 2 fully saturated rings. The standard InChI is InChI=1S/C24H32N6O/c1-16-13-17(2)19-15-20(24(31)25-21(19)14-16)22(29-11-7-3-4-8-12-29)23-26-27-28-30(23)18-9-5-6-10-18/h13-15,18,22H,3-12H2,1-2H3,(H,25,31)/p+1/t22-/m0/s1. The number of aromatic amines is 1. The number of nitrogens with zero attached hydrogens (tertiary/aromatic N) is 4. The molecule has 2 aliphatic rings. The second kappa shape index (κ2) is 8.54. The SMILES string of the molecule is Cc1cc(C)c2cc([C@@H](c3nnnn3C3CCCC3)[NH+]3CCCCCC3)c(=O)[nH]c2c1. The van der Waals surface area contributed by atoms with Gasteiger partial charge in [-0.25, -0.2) is 4.68 Å². The molecule has 1 saturated heterocycles. The lowest BCUT2D eigenvalue weighted by Gasteiger charge is -2.27. The molecule has 1 aliphatic carbocycles. The Morgan fingerprint density at radius 3 is 2.52 bits per heavy atom. The highest BCUT2D eigenvalue weighted by molar-refractivity contribution is 5.83. The van der Waals surface area contributed by atoms with Gasteiger partial charge in [0.05, 0.1) is 24.7 Å². The number of likely N-dealkylation sites (tertiary alicyclic amines) is 1. The first-order valence-electron chi connectivity index (χ1n) is 11.9. The molecule has 1 aromatic carbocycles. The van der Waals surface area contributed by atoms with Gasteiger partial charge in [0, 0.05) is 10.9 Å². The summed E-state index contributed by atoms with van der Waals surface area (Å²) in [6, 6.07) is 6.56. The molecule has 3 aromatic rings. The summed E-state index contributed by atoms with van der Waals surface area (Å²) in [6.07, 6.45) is 9.56. The molecule has 0 radical (unpaired) electrons. The molecule has 31 heavy (non-hydrogen) atoms. The van der Waals surface area contributed by atoms with Crippen LogP contribution in [0, 0.1) is 13.8 Å². The van der Waals surface area contributed by atoms with Gasteiger partial charge in [-0.2, -0.15) is 0 Å². The maximum atomic E-state index is 13.4. The Morgan fingerprint density at radius 1 is 1.03 bits per heavy atom. The average molecular weight is 422 g/mol. The topological polar surface area (TPSA) is 80.9 Å². The van der Waals surface area contributed by atoms with E-state index >= 15 is 0 Å². The monoisotopic (exact) mass is 421 g/mol. The summed E-state index contributed by atoms with van der Waals surface area (Å²) in [5, 5.41) is 14.1. The number of aromatic nitrogens is 5. The quantitative estimate of drug-likeness (QED) is 0.679. The molecule has 0 unspecified atom stereocenters. The molecular formula is C24H33N6O+. The van der Waals surface area contributed by atoms with Crippen molar-refractivity contribution in [2.75, 3.05) is 13.1 Å². The smallest absolute Gasteiger partial charge is 0.258 e. The van der Waals surface area contributed by atoms with E-state index in [9.17, 15) is 4.79 Å². The van der Waals surface area contributed by atoms with Crippen LogP contribution in [-0.4, -0.2) is 38.3 Å². The summed E-state index contributed by atoms with van der Waals surface area (Å²) in [4.78, 5) is 18.0. The van der Waals surface area contributed by atoms with Crippen molar-refractivity contribution in [3.8, 4) is 0 Å². The predicted molar refractivity (Wildman–Crippen MR) is 120 cm³/mol. The van der Waals surface area contributed by atoms with Gasteiger partial charge in [0.25, 0.3) is 5.56 Å². The molecule has 7 nitrogen and oxygen atoms in total. The summed E-state index contributed by atoms with van der Waals surface area (Å²) in [5.74, 6) is 0.860. The van der Waals surface area contributed by atoms with Gasteiger partial charge in [0.1, 0.15) is 0 Å². The van der Waals surface area contributed by atoms with Crippen LogP contribution < -0.4 is 10.5 Å². The van der Waals surface area contributed by atoms with Crippen LogP contribution in [0.25, 0.3) is 10.9 Å². The van der Waals surface area contributed by atoms with Crippen molar-refractivity contribution in [2.24, 2.45) is 0 Å². The molecule has 2 N–H and O–H groups in total. The van der Waals surface area contributed by atoms with Gasteiger partial charge in [0.2, 0.25) is 5.82 Å². The average Bonchev–Trinajstić information content (AvgIpc) is 3.36. The summed E-state index contributed by atoms with van der Waals surface area (Å²) in [5.41, 5.74) is 4.04. The van der Waals surface area contributed by atoms with Crippen LogP contribution in [0.4, 0.5) is 0 Å². The van der Waals surface area contributed by atoms with Crippen LogP contribution in [0.5, 0.6) is 0 Å². The minimum atomic E-state index is -0.137. The highest BCUT2D eigenvalue weighted by Gasteiger charge is 2.36. The van der Waals surface area contributed by atoms with Gasteiger partial charge in [0.15, 0.2) is 6.04 Å². The highest BCUT2D eigenvalue weighted by Crippen LogP contribution is 2.31. The number of hydrogen-bond acceptors (Lipinski definition) is 4. The molecule has 1 atom stereocenters. The fourth-order valence-electron chi connectivity index (χ4n) is 5.72. The lowest BCUT2D eigenvalue weighted by atomic mass is 9.99. The van der Waals surface area contributed by atoms with E-state index in [-0.39, 0.29) is 11.6 Å². The molecule has 2 aromatic heterocycles. The molecule has 1 saturated carbocycles. The fourth-order valence-corrected chi connectivity index (χ4v) is 5.72. The van der Waals surface area contributed by atoms with Gasteiger partial charge in [-0.1, -0.05) is 18.9 Å². The fraction of sp³-hybridized carbons (Fsp3) is 0.583. The predicted octanol–water partition coefficient (Wildman–Crippen LogP) is 2.79. The third-order valence-corrected chi connectivity index (χ3v) is 7.25. The number of H-pyrrole nitrogens is 1. The second-order valence-electron chi connectivity index (χ2n) is 9.52. The van der Waals surface area contributed by atoms with Gasteiger partial charge >= 0.3 is 0 Å². The normalized spacial score (nSPS) is 19.7. The number of rotatable bonds is 4. The van der Waals surface area contributed by atoms with Crippen LogP contribution in [0.1, 0.15) is 86.0 Å². The number of nitrogens with one attached hydrogen (secondary N) is 2. The van der Waals surface area contributed by atoms with Crippen molar-refractivity contribution in [1.82, 2.24) is 25.2 Å². The van der Waals surface area contributed by atoms with Crippen molar-refractivity contribution in [2.45, 2.75) is 77.3 Å². The molecule has 7 heteroatoms. The molecular weight excluding hydrogens is 388 g/mol. The number of pyridine rings is 1. The van der Waals surface area contributed by atoms with Crippen LogP contribution >= 0.6 is 0 Å². The molecule has 164 valence electrons. The van der Waals surface area contributed by atoms with E-state index in [4.69, 9.17) is 0 Å². The van der Waals surface area contributed by atoms with Crippen molar-refractivity contribution >= 4 is 10.9 Å². The van der Waals surface area contributed by atoms with Crippen LogP contribution in [0.3, 0.4) is 0 Å². The Kier molecular flexibility index (Phi) is 5.61. The number of quaternary nitrogens is 1. The zero-order valence-corrected chi connectivity index (χ0v) is 18.7. The minimum absolute atomic E-state index is 0.0137. The van der Waals surface area contributed by atoms with E-state index in [0.717, 1.165) is 53.8 Å². The molecule has 0 spiro atoms. The second-order valence-corrected chi connectivity index (χ2v) is 9.52. The van der Waals surface area contributed by atoms with E-state index in [1.807, 2.05) is 4.68 Å². The third kappa shape index (κ3) is 3.91. The summed E-state index contributed by atoms with van der Waals surface area (Å²) in [6.45, 7) is 6.28. The van der Waals surface area contributed by atoms with Gasteiger partial charge in [-0.05, 0) is 86.1 Å². The first-order chi connectivity index (χ1) is 15.1. The maximum Gasteiger partial charge on any atom is 0.258 e. The number of hydrogen-bond donors (Lipinski definition) is 2. The van der Waals surface area contributed by atoms with Crippen molar-refractivity contribution in [3.63, 3.8) is 0 Å². The zero-order valence-electron chi connectivity index (χ0n) is 18.7. The number of aryl methyl sites for hydroxylation is 2. The first-order valence-corrected chi connectivity index (χ1v) is 11.9. The van der Waals surface area contributed by atoms with Gasteiger partial charge in [-0.3, -0.25) is 4.79 Å². The first kappa shape index (κ1) is 20.4. The van der Waals surface area contributed by atoms with Gasteiger partial charge in [-0.15, -0.1) is 5.10 Å². The van der Waals surface area contributed by atoms with Gasteiger partial charge < -0.3 is 9.88 Å². The zero-order chi connectivity index (χ0) is 21.4. The van der Waals surface area contributed by atoms with Crippen molar-refractivity contribution in [1.29, 1.82) is 0 Å². The van der Waals surface area contributed by atoms with Crippen LogP contribution in [-0.2, 0) is 0 Å². The molecule has 3 heterocycles. The molecule has 5 rings (SSSR count). The number of tetrazole rings is 1.